The zero-order valence-corrected chi connectivity index (χ0v) is 11.7. The molecule has 0 aliphatic rings. The van der Waals surface area contributed by atoms with Gasteiger partial charge in [-0.25, -0.2) is 0 Å². The average Bonchev–Trinajstić information content (AvgIpc) is 2.27. The van der Waals surface area contributed by atoms with Crippen molar-refractivity contribution in [1.29, 1.82) is 0 Å². The number of hydrogen-bond donors (Lipinski definition) is 0. The van der Waals surface area contributed by atoms with Crippen LogP contribution in [0.25, 0.3) is 10.9 Å². The standard InChI is InChI=1S/C11H8BrCl2NO/c1-5-9(12)10(14)8-7(16-2)4-3-6(13)11(8)15-5/h3-4H,1-2H3. The molecule has 2 rings (SSSR count). The highest BCUT2D eigenvalue weighted by Crippen LogP contribution is 2.39. The number of hydrogen-bond acceptors (Lipinski definition) is 2. The van der Waals surface area contributed by atoms with Gasteiger partial charge in [0.25, 0.3) is 0 Å². The molecule has 0 saturated carbocycles. The molecule has 1 aromatic carbocycles. The van der Waals surface area contributed by atoms with Crippen molar-refractivity contribution in [2.75, 3.05) is 7.11 Å². The molecule has 0 aliphatic heterocycles. The van der Waals surface area contributed by atoms with Crippen molar-refractivity contribution in [2.24, 2.45) is 0 Å². The molecule has 0 N–H and O–H groups in total. The summed E-state index contributed by atoms with van der Waals surface area (Å²) < 4.78 is 6.02. The fourth-order valence-electron chi connectivity index (χ4n) is 1.52. The smallest absolute Gasteiger partial charge is 0.129 e. The predicted octanol–water partition coefficient (Wildman–Crippen LogP) is 4.62. The fraction of sp³-hybridized carbons (Fsp3) is 0.182. The number of aryl methyl sites for hydroxylation is 1. The Labute approximate surface area is 112 Å². The summed E-state index contributed by atoms with van der Waals surface area (Å²) in [5, 5.41) is 1.87. The van der Waals surface area contributed by atoms with Gasteiger partial charge in [0.1, 0.15) is 5.75 Å². The van der Waals surface area contributed by atoms with E-state index in [-0.39, 0.29) is 0 Å². The highest BCUT2D eigenvalue weighted by atomic mass is 79.9. The molecule has 0 unspecified atom stereocenters. The summed E-state index contributed by atoms with van der Waals surface area (Å²) in [7, 11) is 1.59. The minimum atomic E-state index is 0.563. The number of nitrogens with zero attached hydrogens (tertiary/aromatic N) is 1. The monoisotopic (exact) mass is 319 g/mol. The first-order chi connectivity index (χ1) is 7.56. The molecule has 5 heteroatoms. The first kappa shape index (κ1) is 12.0. The molecule has 16 heavy (non-hydrogen) atoms. The van der Waals surface area contributed by atoms with Gasteiger partial charge >= 0.3 is 0 Å². The topological polar surface area (TPSA) is 22.1 Å². The van der Waals surface area contributed by atoms with E-state index < -0.39 is 0 Å². The van der Waals surface area contributed by atoms with Gasteiger partial charge in [-0.05, 0) is 35.0 Å². The summed E-state index contributed by atoms with van der Waals surface area (Å²) in [4.78, 5) is 4.40. The van der Waals surface area contributed by atoms with Gasteiger partial charge in [-0.3, -0.25) is 4.98 Å². The molecule has 0 saturated heterocycles. The van der Waals surface area contributed by atoms with E-state index in [1.807, 2.05) is 6.92 Å². The molecule has 2 nitrogen and oxygen atoms in total. The van der Waals surface area contributed by atoms with Crippen LogP contribution >= 0.6 is 39.1 Å². The van der Waals surface area contributed by atoms with Gasteiger partial charge in [0.2, 0.25) is 0 Å². The van der Waals surface area contributed by atoms with Crippen molar-refractivity contribution in [2.45, 2.75) is 6.92 Å². The normalized spacial score (nSPS) is 10.8. The number of halogens is 3. The van der Waals surface area contributed by atoms with Crippen molar-refractivity contribution in [1.82, 2.24) is 4.98 Å². The van der Waals surface area contributed by atoms with E-state index in [9.17, 15) is 0 Å². The predicted molar refractivity (Wildman–Crippen MR) is 70.8 cm³/mol. The number of fused-ring (bicyclic) bond motifs is 1. The Morgan fingerprint density at radius 3 is 2.62 bits per heavy atom. The molecule has 84 valence electrons. The number of benzene rings is 1. The quantitative estimate of drug-likeness (QED) is 0.764. The molecule has 0 aliphatic carbocycles. The number of methoxy groups -OCH3 is 1. The summed E-state index contributed by atoms with van der Waals surface area (Å²) in [5.74, 6) is 0.664. The van der Waals surface area contributed by atoms with Gasteiger partial charge in [-0.1, -0.05) is 23.2 Å². The zero-order valence-electron chi connectivity index (χ0n) is 8.64. The van der Waals surface area contributed by atoms with Crippen LogP contribution in [0.2, 0.25) is 10.0 Å². The highest BCUT2D eigenvalue weighted by Gasteiger charge is 2.15. The van der Waals surface area contributed by atoms with Gasteiger partial charge in [-0.15, -0.1) is 0 Å². The summed E-state index contributed by atoms with van der Waals surface area (Å²) in [5.41, 5.74) is 1.46. The molecule has 0 atom stereocenters. The molecule has 0 radical (unpaired) electrons. The second-order valence-electron chi connectivity index (χ2n) is 3.30. The maximum absolute atomic E-state index is 6.26. The maximum atomic E-state index is 6.26. The lowest BCUT2D eigenvalue weighted by atomic mass is 10.2. The molecular formula is C11H8BrCl2NO. The summed E-state index contributed by atoms with van der Waals surface area (Å²) >= 11 is 15.7. The van der Waals surface area contributed by atoms with Crippen molar-refractivity contribution in [3.63, 3.8) is 0 Å². The van der Waals surface area contributed by atoms with E-state index in [1.54, 1.807) is 19.2 Å². The average molecular weight is 321 g/mol. The van der Waals surface area contributed by atoms with E-state index in [2.05, 4.69) is 20.9 Å². The number of rotatable bonds is 1. The third-order valence-electron chi connectivity index (χ3n) is 2.32. The SMILES string of the molecule is COc1ccc(Cl)c2nc(C)c(Br)c(Cl)c12. The zero-order chi connectivity index (χ0) is 11.9. The highest BCUT2D eigenvalue weighted by molar-refractivity contribution is 9.10. The van der Waals surface area contributed by atoms with Crippen molar-refractivity contribution in [3.8, 4) is 5.75 Å². The van der Waals surface area contributed by atoms with Crippen LogP contribution in [0.3, 0.4) is 0 Å². The molecule has 2 aromatic rings. The Balaban J connectivity index is 2.99. The molecule has 1 aromatic heterocycles. The van der Waals surface area contributed by atoms with Crippen LogP contribution in [0.1, 0.15) is 5.69 Å². The first-order valence-electron chi connectivity index (χ1n) is 4.54. The molecule has 0 amide bonds. The van der Waals surface area contributed by atoms with Crippen LogP contribution in [0.5, 0.6) is 5.75 Å². The second-order valence-corrected chi connectivity index (χ2v) is 4.88. The number of pyridine rings is 1. The molecule has 0 fully saturated rings. The Hall–Kier alpha value is -0.510. The molecular weight excluding hydrogens is 313 g/mol. The Kier molecular flexibility index (Phi) is 3.29. The fourth-order valence-corrected chi connectivity index (χ4v) is 2.33. The lowest BCUT2D eigenvalue weighted by molar-refractivity contribution is 0.420. The third kappa shape index (κ3) is 1.77. The van der Waals surface area contributed by atoms with Gasteiger partial charge in [0, 0.05) is 0 Å². The van der Waals surface area contributed by atoms with Crippen molar-refractivity contribution >= 4 is 50.0 Å². The van der Waals surface area contributed by atoms with Crippen LogP contribution in [-0.4, -0.2) is 12.1 Å². The molecule has 0 spiro atoms. The minimum absolute atomic E-state index is 0.563. The second kappa shape index (κ2) is 4.40. The maximum Gasteiger partial charge on any atom is 0.129 e. The van der Waals surface area contributed by atoms with Crippen molar-refractivity contribution < 1.29 is 4.74 Å². The largest absolute Gasteiger partial charge is 0.496 e. The third-order valence-corrected chi connectivity index (χ3v) is 4.20. The van der Waals surface area contributed by atoms with Gasteiger partial charge in [-0.2, -0.15) is 0 Å². The van der Waals surface area contributed by atoms with Crippen LogP contribution in [0.4, 0.5) is 0 Å². The molecule has 0 bridgehead atoms. The summed E-state index contributed by atoms with van der Waals surface area (Å²) in [6, 6.07) is 3.53. The Morgan fingerprint density at radius 2 is 2.00 bits per heavy atom. The van der Waals surface area contributed by atoms with Crippen LogP contribution in [0.15, 0.2) is 16.6 Å². The summed E-state index contributed by atoms with van der Waals surface area (Å²) in [6.45, 7) is 1.87. The van der Waals surface area contributed by atoms with E-state index in [1.165, 1.54) is 0 Å². The lowest BCUT2D eigenvalue weighted by Gasteiger charge is -2.10. The van der Waals surface area contributed by atoms with Crippen LogP contribution < -0.4 is 4.74 Å². The van der Waals surface area contributed by atoms with Crippen LogP contribution in [-0.2, 0) is 0 Å². The van der Waals surface area contributed by atoms with Crippen LogP contribution in [0, 0.1) is 6.92 Å². The molecule has 1 heterocycles. The van der Waals surface area contributed by atoms with Crippen molar-refractivity contribution in [3.05, 3.63) is 32.3 Å². The van der Waals surface area contributed by atoms with E-state index in [4.69, 9.17) is 27.9 Å². The minimum Gasteiger partial charge on any atom is -0.496 e. The number of aromatic nitrogens is 1. The first-order valence-corrected chi connectivity index (χ1v) is 6.09. The van der Waals surface area contributed by atoms with Gasteiger partial charge < -0.3 is 4.74 Å². The van der Waals surface area contributed by atoms with E-state index in [0.717, 1.165) is 15.6 Å². The van der Waals surface area contributed by atoms with E-state index in [0.29, 0.717) is 21.3 Å². The van der Waals surface area contributed by atoms with Gasteiger partial charge in [0.05, 0.1) is 38.2 Å². The summed E-state index contributed by atoms with van der Waals surface area (Å²) in [6.07, 6.45) is 0. The Morgan fingerprint density at radius 1 is 1.31 bits per heavy atom. The Bertz CT molecular complexity index is 572. The number of ether oxygens (including phenoxy) is 1. The lowest BCUT2D eigenvalue weighted by Crippen LogP contribution is -1.92. The van der Waals surface area contributed by atoms with E-state index >= 15 is 0 Å². The van der Waals surface area contributed by atoms with Gasteiger partial charge in [0.15, 0.2) is 0 Å².